The Kier molecular flexibility index (Phi) is 4.02. The number of hydrogen-bond donors (Lipinski definition) is 2. The van der Waals surface area contributed by atoms with E-state index in [-0.39, 0.29) is 5.82 Å². The van der Waals surface area contributed by atoms with Crippen molar-refractivity contribution >= 4 is 27.6 Å². The molecule has 136 valence electrons. The van der Waals surface area contributed by atoms with Gasteiger partial charge in [-0.15, -0.1) is 0 Å². The second-order valence-electron chi connectivity index (χ2n) is 7.15. The molecule has 5 rings (SSSR count). The first-order chi connectivity index (χ1) is 13.3. The molecule has 2 aromatic carbocycles. The average Bonchev–Trinajstić information content (AvgIpc) is 3.32. The molecular formula is C22H21FN4. The number of benzene rings is 2. The third-order valence-electron chi connectivity index (χ3n) is 5.25. The van der Waals surface area contributed by atoms with Crippen molar-refractivity contribution in [1.29, 1.82) is 0 Å². The summed E-state index contributed by atoms with van der Waals surface area (Å²) in [5.41, 5.74) is 3.05. The average molecular weight is 360 g/mol. The smallest absolute Gasteiger partial charge is 0.136 e. The molecular weight excluding hydrogens is 339 g/mol. The van der Waals surface area contributed by atoms with Gasteiger partial charge in [0.2, 0.25) is 0 Å². The molecule has 0 spiro atoms. The van der Waals surface area contributed by atoms with E-state index in [1.807, 2.05) is 24.3 Å². The highest BCUT2D eigenvalue weighted by atomic mass is 19.1. The molecule has 0 saturated carbocycles. The van der Waals surface area contributed by atoms with E-state index in [2.05, 4.69) is 33.5 Å². The minimum atomic E-state index is -0.202. The predicted octanol–water partition coefficient (Wildman–Crippen LogP) is 4.15. The Balaban J connectivity index is 1.65. The summed E-state index contributed by atoms with van der Waals surface area (Å²) >= 11 is 0. The fourth-order valence-corrected chi connectivity index (χ4v) is 3.96. The van der Waals surface area contributed by atoms with Crippen LogP contribution in [0.15, 0.2) is 60.8 Å². The van der Waals surface area contributed by atoms with Crippen LogP contribution in [0.2, 0.25) is 0 Å². The van der Waals surface area contributed by atoms with Gasteiger partial charge in [0.1, 0.15) is 11.6 Å². The van der Waals surface area contributed by atoms with Gasteiger partial charge < -0.3 is 15.2 Å². The summed E-state index contributed by atoms with van der Waals surface area (Å²) in [4.78, 5) is 4.89. The third kappa shape index (κ3) is 3.04. The molecule has 1 aliphatic rings. The van der Waals surface area contributed by atoms with Gasteiger partial charge in [0.25, 0.3) is 0 Å². The van der Waals surface area contributed by atoms with E-state index >= 15 is 0 Å². The number of halogens is 1. The molecule has 0 bridgehead atoms. The van der Waals surface area contributed by atoms with Gasteiger partial charge >= 0.3 is 0 Å². The summed E-state index contributed by atoms with van der Waals surface area (Å²) in [6.07, 6.45) is 3.17. The first-order valence-electron chi connectivity index (χ1n) is 9.37. The lowest BCUT2D eigenvalue weighted by Gasteiger charge is -2.15. The topological polar surface area (TPSA) is 41.9 Å². The lowest BCUT2D eigenvalue weighted by molar-refractivity contribution is 0.624. The highest BCUT2D eigenvalue weighted by Gasteiger charge is 2.18. The van der Waals surface area contributed by atoms with Crippen LogP contribution in [0.3, 0.4) is 0 Å². The van der Waals surface area contributed by atoms with E-state index in [1.165, 1.54) is 6.07 Å². The van der Waals surface area contributed by atoms with E-state index in [1.54, 1.807) is 12.1 Å². The largest absolute Gasteiger partial charge is 0.365 e. The SMILES string of the molecule is Fc1cccc(Cn2ccc3c(N[C@H]4CCNC4)nc4ccccc4c32)c1. The van der Waals surface area contributed by atoms with Crippen LogP contribution in [0.5, 0.6) is 0 Å². The minimum absolute atomic E-state index is 0.202. The molecule has 27 heavy (non-hydrogen) atoms. The number of para-hydroxylation sites is 1. The summed E-state index contributed by atoms with van der Waals surface area (Å²) in [6.45, 7) is 2.62. The molecule has 1 aliphatic heterocycles. The summed E-state index contributed by atoms with van der Waals surface area (Å²) in [5.74, 6) is 0.724. The molecule has 1 atom stereocenters. The Morgan fingerprint density at radius 1 is 1.11 bits per heavy atom. The monoisotopic (exact) mass is 360 g/mol. The number of fused-ring (bicyclic) bond motifs is 3. The Morgan fingerprint density at radius 3 is 2.89 bits per heavy atom. The summed E-state index contributed by atoms with van der Waals surface area (Å²) in [7, 11) is 0. The lowest BCUT2D eigenvalue weighted by atomic mass is 10.1. The minimum Gasteiger partial charge on any atom is -0.365 e. The molecule has 5 heteroatoms. The van der Waals surface area contributed by atoms with Gasteiger partial charge in [0.05, 0.1) is 11.0 Å². The number of nitrogens with zero attached hydrogens (tertiary/aromatic N) is 2. The number of hydrogen-bond acceptors (Lipinski definition) is 3. The van der Waals surface area contributed by atoms with Gasteiger partial charge in [-0.05, 0) is 42.8 Å². The van der Waals surface area contributed by atoms with Gasteiger partial charge in [-0.25, -0.2) is 9.37 Å². The molecule has 4 aromatic rings. The Morgan fingerprint density at radius 2 is 2.04 bits per heavy atom. The van der Waals surface area contributed by atoms with Crippen molar-refractivity contribution in [2.24, 2.45) is 0 Å². The second-order valence-corrected chi connectivity index (χ2v) is 7.15. The van der Waals surface area contributed by atoms with E-state index in [0.29, 0.717) is 12.6 Å². The van der Waals surface area contributed by atoms with E-state index in [4.69, 9.17) is 4.98 Å². The molecule has 2 aromatic heterocycles. The maximum Gasteiger partial charge on any atom is 0.136 e. The first kappa shape index (κ1) is 16.3. The third-order valence-corrected chi connectivity index (χ3v) is 5.25. The number of nitrogens with one attached hydrogen (secondary N) is 2. The second kappa shape index (κ2) is 6.67. The molecule has 0 unspecified atom stereocenters. The van der Waals surface area contributed by atoms with E-state index in [9.17, 15) is 4.39 Å². The zero-order valence-electron chi connectivity index (χ0n) is 15.0. The predicted molar refractivity (Wildman–Crippen MR) is 108 cm³/mol. The fourth-order valence-electron chi connectivity index (χ4n) is 3.96. The zero-order chi connectivity index (χ0) is 18.2. The maximum atomic E-state index is 13.6. The first-order valence-corrected chi connectivity index (χ1v) is 9.37. The number of rotatable bonds is 4. The van der Waals surface area contributed by atoms with Crippen LogP contribution >= 0.6 is 0 Å². The van der Waals surface area contributed by atoms with Crippen molar-refractivity contribution in [2.45, 2.75) is 19.0 Å². The Hall–Kier alpha value is -2.92. The summed E-state index contributed by atoms with van der Waals surface area (Å²) in [5, 5.41) is 9.23. The van der Waals surface area contributed by atoms with E-state index in [0.717, 1.165) is 52.7 Å². The molecule has 0 amide bonds. The molecule has 0 radical (unpaired) electrons. The van der Waals surface area contributed by atoms with Crippen molar-refractivity contribution in [2.75, 3.05) is 18.4 Å². The van der Waals surface area contributed by atoms with Crippen LogP contribution in [0, 0.1) is 5.82 Å². The van der Waals surface area contributed by atoms with Crippen molar-refractivity contribution < 1.29 is 4.39 Å². The summed E-state index contributed by atoms with van der Waals surface area (Å²) < 4.78 is 15.8. The maximum absolute atomic E-state index is 13.6. The van der Waals surface area contributed by atoms with Crippen LogP contribution in [0.1, 0.15) is 12.0 Å². The van der Waals surface area contributed by atoms with Crippen molar-refractivity contribution in [1.82, 2.24) is 14.9 Å². The molecule has 2 N–H and O–H groups in total. The fraction of sp³-hybridized carbons (Fsp3) is 0.227. The highest BCUT2D eigenvalue weighted by Crippen LogP contribution is 2.31. The van der Waals surface area contributed by atoms with Crippen LogP contribution in [-0.2, 0) is 6.54 Å². The number of anilines is 1. The van der Waals surface area contributed by atoms with Crippen LogP contribution < -0.4 is 10.6 Å². The lowest BCUT2D eigenvalue weighted by Crippen LogP contribution is -2.22. The standard InChI is InChI=1S/C22H21FN4/c23-16-5-3-4-15(12-16)14-27-11-9-19-21(27)18-6-1-2-7-20(18)26-22(19)25-17-8-10-24-13-17/h1-7,9,11-12,17,24H,8,10,13-14H2,(H,25,26)/t17-/m0/s1. The van der Waals surface area contributed by atoms with E-state index < -0.39 is 0 Å². The molecule has 1 saturated heterocycles. The molecule has 3 heterocycles. The number of pyridine rings is 1. The molecule has 1 fully saturated rings. The zero-order valence-corrected chi connectivity index (χ0v) is 15.0. The normalized spacial score (nSPS) is 17.0. The molecule has 4 nitrogen and oxygen atoms in total. The van der Waals surface area contributed by atoms with Crippen molar-refractivity contribution in [3.8, 4) is 0 Å². The van der Waals surface area contributed by atoms with Gasteiger partial charge in [0.15, 0.2) is 0 Å². The Bertz CT molecular complexity index is 1110. The summed E-state index contributed by atoms with van der Waals surface area (Å²) in [6, 6.07) is 17.5. The van der Waals surface area contributed by atoms with Gasteiger partial charge in [-0.1, -0.05) is 30.3 Å². The molecule has 0 aliphatic carbocycles. The van der Waals surface area contributed by atoms with Gasteiger partial charge in [-0.3, -0.25) is 0 Å². The van der Waals surface area contributed by atoms with Gasteiger partial charge in [0, 0.05) is 36.1 Å². The number of aromatic nitrogens is 2. The Labute approximate surface area is 157 Å². The van der Waals surface area contributed by atoms with Gasteiger partial charge in [-0.2, -0.15) is 0 Å². The van der Waals surface area contributed by atoms with Crippen molar-refractivity contribution in [3.05, 3.63) is 72.2 Å². The van der Waals surface area contributed by atoms with Crippen LogP contribution in [-0.4, -0.2) is 28.7 Å². The quantitative estimate of drug-likeness (QED) is 0.574. The van der Waals surface area contributed by atoms with Crippen molar-refractivity contribution in [3.63, 3.8) is 0 Å². The van der Waals surface area contributed by atoms with Crippen LogP contribution in [0.25, 0.3) is 21.8 Å². The highest BCUT2D eigenvalue weighted by molar-refractivity contribution is 6.08. The van der Waals surface area contributed by atoms with Crippen LogP contribution in [0.4, 0.5) is 10.2 Å².